The number of hydrogen-bond acceptors (Lipinski definition) is 2. The maximum Gasteiger partial charge on any atom is 0.189 e. The molecule has 0 spiro atoms. The molecule has 1 aromatic carbocycles. The zero-order chi connectivity index (χ0) is 14.3. The Labute approximate surface area is 125 Å². The molecule has 0 aliphatic rings. The Morgan fingerprint density at radius 2 is 1.79 bits per heavy atom. The maximum atomic E-state index is 5.20. The van der Waals surface area contributed by atoms with Gasteiger partial charge in [-0.2, -0.15) is 0 Å². The Kier molecular flexibility index (Phi) is 6.52. The molecule has 1 aromatic rings. The first-order valence-corrected chi connectivity index (χ1v) is 7.03. The van der Waals surface area contributed by atoms with Crippen LogP contribution >= 0.6 is 24.4 Å². The van der Waals surface area contributed by atoms with E-state index in [1.165, 1.54) is 11.1 Å². The van der Waals surface area contributed by atoms with Crippen molar-refractivity contribution in [2.75, 3.05) is 11.9 Å². The highest BCUT2D eigenvalue weighted by Crippen LogP contribution is 2.17. The summed E-state index contributed by atoms with van der Waals surface area (Å²) in [4.78, 5) is 0. The van der Waals surface area contributed by atoms with E-state index in [1.54, 1.807) is 0 Å². The SMILES string of the molecule is CCCNC(=S)NNC(=S)Nc1cccc(C)c1C. The number of hydrazine groups is 1. The second-order valence-corrected chi connectivity index (χ2v) is 5.02. The summed E-state index contributed by atoms with van der Waals surface area (Å²) in [6.07, 6.45) is 1.02. The summed E-state index contributed by atoms with van der Waals surface area (Å²) in [7, 11) is 0. The molecule has 0 saturated carbocycles. The minimum absolute atomic E-state index is 0.481. The van der Waals surface area contributed by atoms with Gasteiger partial charge in [-0.05, 0) is 61.9 Å². The largest absolute Gasteiger partial charge is 0.361 e. The monoisotopic (exact) mass is 296 g/mol. The molecule has 0 unspecified atom stereocenters. The number of hydrogen-bond donors (Lipinski definition) is 4. The maximum absolute atomic E-state index is 5.20. The summed E-state index contributed by atoms with van der Waals surface area (Å²) in [6.45, 7) is 7.04. The van der Waals surface area contributed by atoms with Crippen LogP contribution in [0.4, 0.5) is 5.69 Å². The van der Waals surface area contributed by atoms with Crippen molar-refractivity contribution < 1.29 is 0 Å². The predicted molar refractivity (Wildman–Crippen MR) is 89.3 cm³/mol. The number of anilines is 1. The quantitative estimate of drug-likeness (QED) is 0.507. The summed E-state index contributed by atoms with van der Waals surface area (Å²) in [5.74, 6) is 0. The van der Waals surface area contributed by atoms with Gasteiger partial charge in [-0.25, -0.2) is 0 Å². The Hall–Kier alpha value is -1.40. The molecule has 19 heavy (non-hydrogen) atoms. The normalized spacial score (nSPS) is 9.63. The zero-order valence-corrected chi connectivity index (χ0v) is 13.1. The highest BCUT2D eigenvalue weighted by molar-refractivity contribution is 7.80. The molecule has 0 bridgehead atoms. The molecule has 0 heterocycles. The van der Waals surface area contributed by atoms with E-state index in [-0.39, 0.29) is 0 Å². The minimum atomic E-state index is 0.481. The van der Waals surface area contributed by atoms with Crippen LogP contribution in [-0.2, 0) is 0 Å². The van der Waals surface area contributed by atoms with Gasteiger partial charge in [0.2, 0.25) is 0 Å². The third kappa shape index (κ3) is 5.40. The summed E-state index contributed by atoms with van der Waals surface area (Å²) in [6, 6.07) is 6.05. The molecule has 4 N–H and O–H groups in total. The molecule has 0 aliphatic carbocycles. The molecule has 0 atom stereocenters. The second-order valence-electron chi connectivity index (χ2n) is 4.21. The van der Waals surface area contributed by atoms with Crippen LogP contribution < -0.4 is 21.5 Å². The molecule has 0 aliphatic heterocycles. The van der Waals surface area contributed by atoms with Gasteiger partial charge < -0.3 is 10.6 Å². The van der Waals surface area contributed by atoms with Gasteiger partial charge in [-0.1, -0.05) is 19.1 Å². The van der Waals surface area contributed by atoms with E-state index >= 15 is 0 Å². The highest BCUT2D eigenvalue weighted by Gasteiger charge is 2.02. The van der Waals surface area contributed by atoms with Crippen molar-refractivity contribution >= 4 is 40.3 Å². The Morgan fingerprint density at radius 1 is 1.11 bits per heavy atom. The fraction of sp³-hybridized carbons (Fsp3) is 0.385. The first kappa shape index (κ1) is 15.7. The van der Waals surface area contributed by atoms with Gasteiger partial charge in [-0.15, -0.1) is 0 Å². The molecule has 4 nitrogen and oxygen atoms in total. The van der Waals surface area contributed by atoms with Crippen molar-refractivity contribution in [1.82, 2.24) is 16.2 Å². The molecule has 1 rings (SSSR count). The van der Waals surface area contributed by atoms with Crippen molar-refractivity contribution in [2.45, 2.75) is 27.2 Å². The number of benzene rings is 1. The molecule has 0 fully saturated rings. The van der Waals surface area contributed by atoms with Crippen LogP contribution in [-0.4, -0.2) is 16.8 Å². The highest BCUT2D eigenvalue weighted by atomic mass is 32.1. The topological polar surface area (TPSA) is 48.1 Å². The van der Waals surface area contributed by atoms with Crippen LogP contribution in [0.3, 0.4) is 0 Å². The predicted octanol–water partition coefficient (Wildman–Crippen LogP) is 2.38. The lowest BCUT2D eigenvalue weighted by Crippen LogP contribution is -2.48. The molecule has 104 valence electrons. The Bertz CT molecular complexity index is 460. The third-order valence-corrected chi connectivity index (χ3v) is 3.13. The second kappa shape index (κ2) is 7.91. The lowest BCUT2D eigenvalue weighted by atomic mass is 10.1. The molecule has 0 aromatic heterocycles. The van der Waals surface area contributed by atoms with E-state index in [9.17, 15) is 0 Å². The average molecular weight is 296 g/mol. The zero-order valence-electron chi connectivity index (χ0n) is 11.5. The van der Waals surface area contributed by atoms with Gasteiger partial charge >= 0.3 is 0 Å². The first-order valence-electron chi connectivity index (χ1n) is 6.21. The van der Waals surface area contributed by atoms with Crippen molar-refractivity contribution in [3.05, 3.63) is 29.3 Å². The summed E-state index contributed by atoms with van der Waals surface area (Å²) in [5.41, 5.74) is 9.09. The number of rotatable bonds is 3. The Morgan fingerprint density at radius 3 is 2.47 bits per heavy atom. The van der Waals surface area contributed by atoms with Gasteiger partial charge in [0.25, 0.3) is 0 Å². The van der Waals surface area contributed by atoms with E-state index in [2.05, 4.69) is 48.3 Å². The van der Waals surface area contributed by atoms with Crippen LogP contribution in [0, 0.1) is 13.8 Å². The van der Waals surface area contributed by atoms with Gasteiger partial charge in [0.15, 0.2) is 10.2 Å². The number of aryl methyl sites for hydroxylation is 1. The molecule has 0 amide bonds. The van der Waals surface area contributed by atoms with Crippen molar-refractivity contribution in [1.29, 1.82) is 0 Å². The molecular weight excluding hydrogens is 276 g/mol. The van der Waals surface area contributed by atoms with Crippen LogP contribution in [0.15, 0.2) is 18.2 Å². The van der Waals surface area contributed by atoms with Crippen molar-refractivity contribution in [3.63, 3.8) is 0 Å². The molecule has 6 heteroatoms. The summed E-state index contributed by atoms with van der Waals surface area (Å²) >= 11 is 10.3. The van der Waals surface area contributed by atoms with Crippen LogP contribution in [0.2, 0.25) is 0 Å². The lowest BCUT2D eigenvalue weighted by molar-refractivity contribution is 0.784. The van der Waals surface area contributed by atoms with Crippen LogP contribution in [0.5, 0.6) is 0 Å². The van der Waals surface area contributed by atoms with E-state index in [0.29, 0.717) is 10.2 Å². The Balaban J connectivity index is 2.43. The molecule has 0 saturated heterocycles. The third-order valence-electron chi connectivity index (χ3n) is 2.68. The standard InChI is InChI=1S/C13H20N4S2/c1-4-8-14-12(18)16-17-13(19)15-11-7-5-6-9(2)10(11)3/h5-7H,4,8H2,1-3H3,(H2,14,16,18)(H2,15,17,19). The van der Waals surface area contributed by atoms with E-state index in [1.807, 2.05) is 12.1 Å². The first-order chi connectivity index (χ1) is 9.04. The molecular formula is C13H20N4S2. The fourth-order valence-corrected chi connectivity index (χ4v) is 1.75. The summed E-state index contributed by atoms with van der Waals surface area (Å²) < 4.78 is 0. The summed E-state index contributed by atoms with van der Waals surface area (Å²) in [5, 5.41) is 7.19. The number of thiocarbonyl (C=S) groups is 2. The van der Waals surface area contributed by atoms with Gasteiger partial charge in [0, 0.05) is 12.2 Å². The van der Waals surface area contributed by atoms with Crippen LogP contribution in [0.1, 0.15) is 24.5 Å². The fourth-order valence-electron chi connectivity index (χ4n) is 1.44. The van der Waals surface area contributed by atoms with E-state index in [4.69, 9.17) is 24.4 Å². The van der Waals surface area contributed by atoms with E-state index in [0.717, 1.165) is 18.7 Å². The minimum Gasteiger partial charge on any atom is -0.361 e. The number of nitrogens with one attached hydrogen (secondary N) is 4. The van der Waals surface area contributed by atoms with Gasteiger partial charge in [0.05, 0.1) is 0 Å². The average Bonchev–Trinajstić information content (AvgIpc) is 2.39. The van der Waals surface area contributed by atoms with Crippen molar-refractivity contribution in [2.24, 2.45) is 0 Å². The lowest BCUT2D eigenvalue weighted by Gasteiger charge is -2.15. The molecule has 0 radical (unpaired) electrons. The van der Waals surface area contributed by atoms with Crippen molar-refractivity contribution in [3.8, 4) is 0 Å². The van der Waals surface area contributed by atoms with E-state index < -0.39 is 0 Å². The van der Waals surface area contributed by atoms with Gasteiger partial charge in [0.1, 0.15) is 0 Å². The van der Waals surface area contributed by atoms with Gasteiger partial charge in [-0.3, -0.25) is 10.9 Å². The smallest absolute Gasteiger partial charge is 0.189 e. The van der Waals surface area contributed by atoms with Crippen LogP contribution in [0.25, 0.3) is 0 Å².